The molecule has 0 bridgehead atoms. The van der Waals surface area contributed by atoms with E-state index in [1.807, 2.05) is 0 Å². The summed E-state index contributed by atoms with van der Waals surface area (Å²) in [5.41, 5.74) is 0.404. The molecule has 1 atom stereocenters. The Hall–Kier alpha value is -1.76. The first-order valence-electron chi connectivity index (χ1n) is 6.12. The number of carbonyl (C=O) groups is 1. The number of hydrogen-bond acceptors (Lipinski definition) is 3. The molecule has 1 aliphatic heterocycles. The standard InChI is InChI=1S/C13H14F3NO3/c14-13(15,16)8-20-11-3-1-2-10(6-11)17-12(18)9-4-5-19-7-9/h1-3,6,9H,4-5,7-8H2,(H,17,18). The highest BCUT2D eigenvalue weighted by atomic mass is 19.4. The van der Waals surface area contributed by atoms with Crippen LogP contribution in [0.15, 0.2) is 24.3 Å². The highest BCUT2D eigenvalue weighted by Crippen LogP contribution is 2.22. The van der Waals surface area contributed by atoms with Gasteiger partial charge in [-0.25, -0.2) is 0 Å². The predicted molar refractivity (Wildman–Crippen MR) is 65.5 cm³/mol. The molecule has 0 aliphatic carbocycles. The van der Waals surface area contributed by atoms with E-state index in [0.29, 0.717) is 25.3 Å². The lowest BCUT2D eigenvalue weighted by molar-refractivity contribution is -0.153. The fourth-order valence-corrected chi connectivity index (χ4v) is 1.81. The van der Waals surface area contributed by atoms with E-state index in [1.165, 1.54) is 18.2 Å². The van der Waals surface area contributed by atoms with Crippen molar-refractivity contribution in [2.75, 3.05) is 25.1 Å². The molecule has 1 fully saturated rings. The molecule has 1 amide bonds. The minimum Gasteiger partial charge on any atom is -0.484 e. The lowest BCUT2D eigenvalue weighted by Crippen LogP contribution is -2.23. The smallest absolute Gasteiger partial charge is 0.422 e. The molecule has 1 aliphatic rings. The molecule has 0 radical (unpaired) electrons. The second kappa shape index (κ2) is 6.13. The number of benzene rings is 1. The molecule has 0 aromatic heterocycles. The third-order valence-corrected chi connectivity index (χ3v) is 2.80. The normalized spacial score (nSPS) is 18.9. The number of alkyl halides is 3. The molecule has 1 aromatic carbocycles. The van der Waals surface area contributed by atoms with Gasteiger partial charge < -0.3 is 14.8 Å². The lowest BCUT2D eigenvalue weighted by Gasteiger charge is -2.12. The Morgan fingerprint density at radius 2 is 2.25 bits per heavy atom. The number of rotatable bonds is 4. The molecule has 1 unspecified atom stereocenters. The summed E-state index contributed by atoms with van der Waals surface area (Å²) in [5, 5.41) is 2.64. The van der Waals surface area contributed by atoms with Crippen LogP contribution in [0, 0.1) is 5.92 Å². The summed E-state index contributed by atoms with van der Waals surface area (Å²) in [6, 6.07) is 5.88. The van der Waals surface area contributed by atoms with Gasteiger partial charge in [-0.2, -0.15) is 13.2 Å². The fraction of sp³-hybridized carbons (Fsp3) is 0.462. The van der Waals surface area contributed by atoms with Gasteiger partial charge in [-0.05, 0) is 18.6 Å². The lowest BCUT2D eigenvalue weighted by atomic mass is 10.1. The van der Waals surface area contributed by atoms with Crippen molar-refractivity contribution in [3.63, 3.8) is 0 Å². The van der Waals surface area contributed by atoms with Gasteiger partial charge in [0, 0.05) is 18.4 Å². The van der Waals surface area contributed by atoms with E-state index in [9.17, 15) is 18.0 Å². The Balaban J connectivity index is 1.93. The van der Waals surface area contributed by atoms with Crippen molar-refractivity contribution < 1.29 is 27.4 Å². The van der Waals surface area contributed by atoms with E-state index in [-0.39, 0.29) is 17.6 Å². The highest BCUT2D eigenvalue weighted by molar-refractivity contribution is 5.92. The maximum absolute atomic E-state index is 12.0. The van der Waals surface area contributed by atoms with Gasteiger partial charge in [-0.1, -0.05) is 6.07 Å². The largest absolute Gasteiger partial charge is 0.484 e. The van der Waals surface area contributed by atoms with Gasteiger partial charge >= 0.3 is 6.18 Å². The summed E-state index contributed by atoms with van der Waals surface area (Å²) in [7, 11) is 0. The van der Waals surface area contributed by atoms with Crippen LogP contribution in [0.1, 0.15) is 6.42 Å². The van der Waals surface area contributed by atoms with Crippen LogP contribution in [-0.2, 0) is 9.53 Å². The number of carbonyl (C=O) groups excluding carboxylic acids is 1. The van der Waals surface area contributed by atoms with Crippen LogP contribution in [0.2, 0.25) is 0 Å². The molecule has 1 saturated heterocycles. The van der Waals surface area contributed by atoms with E-state index < -0.39 is 12.8 Å². The minimum absolute atomic E-state index is 0.0581. The molecule has 0 saturated carbocycles. The topological polar surface area (TPSA) is 47.6 Å². The molecular formula is C13H14F3NO3. The summed E-state index contributed by atoms with van der Waals surface area (Å²) in [5.74, 6) is -0.354. The number of anilines is 1. The van der Waals surface area contributed by atoms with Gasteiger partial charge in [0.05, 0.1) is 12.5 Å². The number of halogens is 3. The number of nitrogens with one attached hydrogen (secondary N) is 1. The first kappa shape index (κ1) is 14.6. The molecule has 110 valence electrons. The zero-order valence-electron chi connectivity index (χ0n) is 10.6. The van der Waals surface area contributed by atoms with E-state index in [0.717, 1.165) is 0 Å². The first-order chi connectivity index (χ1) is 9.44. The van der Waals surface area contributed by atoms with Crippen molar-refractivity contribution in [3.8, 4) is 5.75 Å². The van der Waals surface area contributed by atoms with Crippen LogP contribution in [0.3, 0.4) is 0 Å². The molecule has 20 heavy (non-hydrogen) atoms. The van der Waals surface area contributed by atoms with Crippen molar-refractivity contribution in [1.29, 1.82) is 0 Å². The van der Waals surface area contributed by atoms with Crippen molar-refractivity contribution in [2.24, 2.45) is 5.92 Å². The number of ether oxygens (including phenoxy) is 2. The Bertz CT molecular complexity index is 470. The Kier molecular flexibility index (Phi) is 4.49. The van der Waals surface area contributed by atoms with Crippen molar-refractivity contribution in [3.05, 3.63) is 24.3 Å². The van der Waals surface area contributed by atoms with Crippen molar-refractivity contribution >= 4 is 11.6 Å². The van der Waals surface area contributed by atoms with Crippen LogP contribution in [-0.4, -0.2) is 31.9 Å². The third-order valence-electron chi connectivity index (χ3n) is 2.80. The molecule has 7 heteroatoms. The van der Waals surface area contributed by atoms with Crippen LogP contribution >= 0.6 is 0 Å². The summed E-state index contributed by atoms with van der Waals surface area (Å²) in [6.07, 6.45) is -3.74. The Morgan fingerprint density at radius 1 is 1.45 bits per heavy atom. The monoisotopic (exact) mass is 289 g/mol. The van der Waals surface area contributed by atoms with E-state index in [1.54, 1.807) is 6.07 Å². The molecule has 1 aromatic rings. The van der Waals surface area contributed by atoms with Crippen LogP contribution in [0.4, 0.5) is 18.9 Å². The van der Waals surface area contributed by atoms with Crippen molar-refractivity contribution in [1.82, 2.24) is 0 Å². The molecule has 1 N–H and O–H groups in total. The summed E-state index contributed by atoms with van der Waals surface area (Å²) < 4.78 is 45.9. The molecule has 0 spiro atoms. The zero-order valence-corrected chi connectivity index (χ0v) is 10.6. The van der Waals surface area contributed by atoms with Crippen LogP contribution in [0.25, 0.3) is 0 Å². The third kappa shape index (κ3) is 4.41. The molecular weight excluding hydrogens is 275 g/mol. The van der Waals surface area contributed by atoms with Gasteiger partial charge in [0.25, 0.3) is 0 Å². The van der Waals surface area contributed by atoms with Crippen LogP contribution < -0.4 is 10.1 Å². The maximum Gasteiger partial charge on any atom is 0.422 e. The second-order valence-electron chi connectivity index (χ2n) is 4.48. The summed E-state index contributed by atoms with van der Waals surface area (Å²) >= 11 is 0. The second-order valence-corrected chi connectivity index (χ2v) is 4.48. The fourth-order valence-electron chi connectivity index (χ4n) is 1.81. The van der Waals surface area contributed by atoms with Gasteiger partial charge in [0.1, 0.15) is 5.75 Å². The first-order valence-corrected chi connectivity index (χ1v) is 6.12. The van der Waals surface area contributed by atoms with Gasteiger partial charge in [0.15, 0.2) is 6.61 Å². The SMILES string of the molecule is O=C(Nc1cccc(OCC(F)(F)F)c1)C1CCOC1. The molecule has 2 rings (SSSR count). The average molecular weight is 289 g/mol. The maximum atomic E-state index is 12.0. The number of amides is 1. The Labute approximate surface area is 113 Å². The number of hydrogen-bond donors (Lipinski definition) is 1. The van der Waals surface area contributed by atoms with Gasteiger partial charge in [-0.3, -0.25) is 4.79 Å². The van der Waals surface area contributed by atoms with E-state index in [2.05, 4.69) is 10.1 Å². The summed E-state index contributed by atoms with van der Waals surface area (Å²) in [4.78, 5) is 11.8. The average Bonchev–Trinajstić information content (AvgIpc) is 2.90. The van der Waals surface area contributed by atoms with E-state index >= 15 is 0 Å². The van der Waals surface area contributed by atoms with E-state index in [4.69, 9.17) is 4.74 Å². The van der Waals surface area contributed by atoms with Crippen molar-refractivity contribution in [2.45, 2.75) is 12.6 Å². The van der Waals surface area contributed by atoms with Gasteiger partial charge in [0.2, 0.25) is 5.91 Å². The van der Waals surface area contributed by atoms with Gasteiger partial charge in [-0.15, -0.1) is 0 Å². The summed E-state index contributed by atoms with van der Waals surface area (Å²) in [6.45, 7) is -0.441. The Morgan fingerprint density at radius 3 is 2.90 bits per heavy atom. The predicted octanol–water partition coefficient (Wildman–Crippen LogP) is 2.60. The quantitative estimate of drug-likeness (QED) is 0.927. The molecule has 4 nitrogen and oxygen atoms in total. The molecule has 1 heterocycles. The van der Waals surface area contributed by atoms with Crippen LogP contribution in [0.5, 0.6) is 5.75 Å². The highest BCUT2D eigenvalue weighted by Gasteiger charge is 2.28. The minimum atomic E-state index is -4.39. The zero-order chi connectivity index (χ0) is 14.6.